The minimum atomic E-state index is -3.23. The highest BCUT2D eigenvalue weighted by atomic mass is 19.3. The second-order valence-corrected chi connectivity index (χ2v) is 6.01. The molecule has 0 aliphatic carbocycles. The Bertz CT molecular complexity index is 602. The normalized spacial score (nSPS) is 19.8. The van der Waals surface area contributed by atoms with E-state index in [1.807, 2.05) is 32.0 Å². The third kappa shape index (κ3) is 4.20. The van der Waals surface area contributed by atoms with Crippen LogP contribution in [-0.2, 0) is 4.74 Å². The van der Waals surface area contributed by atoms with Gasteiger partial charge in [-0.3, -0.25) is 0 Å². The Morgan fingerprint density at radius 1 is 1.38 bits per heavy atom. The highest BCUT2D eigenvalue weighted by molar-refractivity contribution is 5.69. The highest BCUT2D eigenvalue weighted by Gasteiger charge is 2.42. The zero-order chi connectivity index (χ0) is 17.7. The van der Waals surface area contributed by atoms with Gasteiger partial charge in [-0.2, -0.15) is 8.78 Å². The maximum Gasteiger partial charge on any atom is 0.424 e. The zero-order valence-corrected chi connectivity index (χ0v) is 13.8. The van der Waals surface area contributed by atoms with Gasteiger partial charge in [-0.25, -0.2) is 15.2 Å². The topological polar surface area (TPSA) is 41.6 Å². The molecule has 24 heavy (non-hydrogen) atoms. The summed E-state index contributed by atoms with van der Waals surface area (Å²) in [7, 11) is 0. The van der Waals surface area contributed by atoms with E-state index in [1.165, 1.54) is 6.08 Å². The fourth-order valence-electron chi connectivity index (χ4n) is 2.38. The molecule has 1 aliphatic rings. The summed E-state index contributed by atoms with van der Waals surface area (Å²) in [4.78, 5) is 11.9. The Hall–Kier alpha value is -2.21. The summed E-state index contributed by atoms with van der Waals surface area (Å²) < 4.78 is 33.4. The van der Waals surface area contributed by atoms with Gasteiger partial charge < -0.3 is 4.74 Å². The maximum atomic E-state index is 14.2. The van der Waals surface area contributed by atoms with Crippen molar-refractivity contribution in [3.63, 3.8) is 0 Å². The van der Waals surface area contributed by atoms with Crippen molar-refractivity contribution < 1.29 is 18.3 Å². The van der Waals surface area contributed by atoms with Gasteiger partial charge in [0.05, 0.1) is 6.04 Å². The Morgan fingerprint density at radius 2 is 2.04 bits per heavy atom. The summed E-state index contributed by atoms with van der Waals surface area (Å²) in [6.45, 7) is 7.19. The average molecular weight is 336 g/mol. The Labute approximate surface area is 140 Å². The molecule has 0 aromatic heterocycles. The lowest BCUT2D eigenvalue weighted by atomic mass is 10.1. The molecule has 2 atom stereocenters. The van der Waals surface area contributed by atoms with Crippen LogP contribution in [0, 0.1) is 5.92 Å². The van der Waals surface area contributed by atoms with Crippen molar-refractivity contribution in [2.75, 3.05) is 6.61 Å². The lowest BCUT2D eigenvalue weighted by Gasteiger charge is -2.31. The first-order valence-electron chi connectivity index (χ1n) is 7.82. The Morgan fingerprint density at radius 3 is 2.62 bits per heavy atom. The molecule has 130 valence electrons. The van der Waals surface area contributed by atoms with Crippen molar-refractivity contribution in [3.8, 4) is 0 Å². The standard InChI is InChI=1S/C18H22F2N2O2/c1-4-18(19,20)16(11-10-14-8-6-5-7-9-14)21-22-15(13(2)3)12-24-17(22)23/h4-11,13,15-16,21H,1,12H2,2-3H3/b11-10+/t15-,16-/m1/s1. The number of halogens is 2. The van der Waals surface area contributed by atoms with Gasteiger partial charge in [-0.05, 0) is 17.6 Å². The minimum Gasteiger partial charge on any atom is -0.446 e. The number of nitrogens with one attached hydrogen (secondary N) is 1. The third-order valence-corrected chi connectivity index (χ3v) is 3.92. The van der Waals surface area contributed by atoms with E-state index in [9.17, 15) is 13.6 Å². The molecule has 0 bridgehead atoms. The fraction of sp³-hybridized carbons (Fsp3) is 0.389. The molecule has 0 unspecified atom stereocenters. The van der Waals surface area contributed by atoms with Gasteiger partial charge >= 0.3 is 6.09 Å². The first kappa shape index (κ1) is 18.1. The SMILES string of the molecule is C=CC(F)(F)[C@@H](/C=C/c1ccccc1)NN1C(=O)OC[C@@H]1C(C)C. The number of alkyl halides is 2. The first-order chi connectivity index (χ1) is 11.3. The number of carbonyl (C=O) groups excluding carboxylic acids is 1. The number of hydrogen-bond donors (Lipinski definition) is 1. The van der Waals surface area contributed by atoms with E-state index >= 15 is 0 Å². The van der Waals surface area contributed by atoms with Gasteiger partial charge in [-0.1, -0.05) is 62.9 Å². The second-order valence-electron chi connectivity index (χ2n) is 6.01. The van der Waals surface area contributed by atoms with E-state index < -0.39 is 18.1 Å². The molecular formula is C18H22F2N2O2. The molecule has 0 saturated carbocycles. The van der Waals surface area contributed by atoms with Crippen LogP contribution in [-0.4, -0.2) is 35.7 Å². The van der Waals surface area contributed by atoms with E-state index in [0.29, 0.717) is 6.08 Å². The predicted molar refractivity (Wildman–Crippen MR) is 89.4 cm³/mol. The number of carbonyl (C=O) groups is 1. The van der Waals surface area contributed by atoms with Crippen molar-refractivity contribution in [2.24, 2.45) is 5.92 Å². The number of ether oxygens (including phenoxy) is 1. The van der Waals surface area contributed by atoms with Crippen molar-refractivity contribution in [3.05, 3.63) is 54.6 Å². The number of amides is 1. The van der Waals surface area contributed by atoms with E-state index in [4.69, 9.17) is 4.74 Å². The summed E-state index contributed by atoms with van der Waals surface area (Å²) >= 11 is 0. The zero-order valence-electron chi connectivity index (χ0n) is 13.8. The van der Waals surface area contributed by atoms with Crippen molar-refractivity contribution in [2.45, 2.75) is 31.9 Å². The molecule has 4 nitrogen and oxygen atoms in total. The number of rotatable bonds is 7. The fourth-order valence-corrected chi connectivity index (χ4v) is 2.38. The summed E-state index contributed by atoms with van der Waals surface area (Å²) in [5.74, 6) is -3.16. The van der Waals surface area contributed by atoms with Crippen LogP contribution in [0.4, 0.5) is 13.6 Å². The summed E-state index contributed by atoms with van der Waals surface area (Å²) in [5.41, 5.74) is 3.40. The number of cyclic esters (lactones) is 1. The van der Waals surface area contributed by atoms with E-state index in [1.54, 1.807) is 18.2 Å². The van der Waals surface area contributed by atoms with E-state index in [-0.39, 0.29) is 18.6 Å². The van der Waals surface area contributed by atoms with Gasteiger partial charge in [-0.15, -0.1) is 0 Å². The number of nitrogens with zero attached hydrogens (tertiary/aromatic N) is 1. The Balaban J connectivity index is 2.22. The molecule has 1 saturated heterocycles. The van der Waals surface area contributed by atoms with Crippen LogP contribution in [0.1, 0.15) is 19.4 Å². The molecule has 2 rings (SSSR count). The monoisotopic (exact) mass is 336 g/mol. The molecule has 1 aromatic rings. The molecule has 1 amide bonds. The van der Waals surface area contributed by atoms with Crippen molar-refractivity contribution in [1.82, 2.24) is 10.4 Å². The lowest BCUT2D eigenvalue weighted by Crippen LogP contribution is -2.55. The second kappa shape index (κ2) is 7.57. The maximum absolute atomic E-state index is 14.2. The van der Waals surface area contributed by atoms with Crippen LogP contribution >= 0.6 is 0 Å². The van der Waals surface area contributed by atoms with Gasteiger partial charge in [0, 0.05) is 0 Å². The molecule has 1 aliphatic heterocycles. The van der Waals surface area contributed by atoms with Crippen LogP contribution in [0.3, 0.4) is 0 Å². The quantitative estimate of drug-likeness (QED) is 0.769. The molecule has 1 fully saturated rings. The smallest absolute Gasteiger partial charge is 0.424 e. The minimum absolute atomic E-state index is 0.0695. The van der Waals surface area contributed by atoms with Crippen LogP contribution in [0.5, 0.6) is 0 Å². The van der Waals surface area contributed by atoms with Crippen LogP contribution in [0.25, 0.3) is 6.08 Å². The van der Waals surface area contributed by atoms with Crippen LogP contribution in [0.2, 0.25) is 0 Å². The van der Waals surface area contributed by atoms with E-state index in [0.717, 1.165) is 10.6 Å². The molecule has 1 N–H and O–H groups in total. The molecular weight excluding hydrogens is 314 g/mol. The van der Waals surface area contributed by atoms with Gasteiger partial charge in [0.1, 0.15) is 12.6 Å². The summed E-state index contributed by atoms with van der Waals surface area (Å²) in [6, 6.07) is 7.38. The largest absolute Gasteiger partial charge is 0.446 e. The van der Waals surface area contributed by atoms with Crippen LogP contribution < -0.4 is 5.43 Å². The molecule has 1 aromatic carbocycles. The van der Waals surface area contributed by atoms with E-state index in [2.05, 4.69) is 12.0 Å². The molecule has 0 radical (unpaired) electrons. The number of hydrazine groups is 1. The van der Waals surface area contributed by atoms with Gasteiger partial charge in [0.15, 0.2) is 0 Å². The third-order valence-electron chi connectivity index (χ3n) is 3.92. The average Bonchev–Trinajstić information content (AvgIpc) is 2.93. The molecule has 6 heteroatoms. The van der Waals surface area contributed by atoms with Crippen LogP contribution in [0.15, 0.2) is 49.1 Å². The van der Waals surface area contributed by atoms with Gasteiger partial charge in [0.25, 0.3) is 5.92 Å². The number of hydrogen-bond acceptors (Lipinski definition) is 3. The summed E-state index contributed by atoms with van der Waals surface area (Å²) in [5, 5.41) is 1.15. The van der Waals surface area contributed by atoms with Crippen molar-refractivity contribution in [1.29, 1.82) is 0 Å². The molecule has 1 heterocycles. The lowest BCUT2D eigenvalue weighted by molar-refractivity contribution is 0.000291. The predicted octanol–water partition coefficient (Wildman–Crippen LogP) is 3.87. The number of benzene rings is 1. The first-order valence-corrected chi connectivity index (χ1v) is 7.82. The highest BCUT2D eigenvalue weighted by Crippen LogP contribution is 2.25. The van der Waals surface area contributed by atoms with Crippen molar-refractivity contribution >= 4 is 12.2 Å². The molecule has 0 spiro atoms. The summed E-state index contributed by atoms with van der Waals surface area (Å²) in [6.07, 6.45) is 2.85. The Kier molecular flexibility index (Phi) is 5.72. The van der Waals surface area contributed by atoms with Gasteiger partial charge in [0.2, 0.25) is 0 Å².